The highest BCUT2D eigenvalue weighted by molar-refractivity contribution is 5.83. The molecule has 0 bridgehead atoms. The van der Waals surface area contributed by atoms with Crippen LogP contribution in [0, 0.1) is 5.92 Å². The average molecular weight is 240 g/mol. The zero-order chi connectivity index (χ0) is 12.4. The fourth-order valence-corrected chi connectivity index (χ4v) is 2.78. The van der Waals surface area contributed by atoms with Gasteiger partial charge in [0.05, 0.1) is 13.2 Å². The van der Waals surface area contributed by atoms with Gasteiger partial charge in [-0.1, -0.05) is 0 Å². The minimum absolute atomic E-state index is 0.153. The Kier molecular flexibility index (Phi) is 4.17. The van der Waals surface area contributed by atoms with Crippen molar-refractivity contribution in [2.24, 2.45) is 5.92 Å². The Hall–Kier alpha value is -0.450. The van der Waals surface area contributed by atoms with Gasteiger partial charge in [0.2, 0.25) is 0 Å². The van der Waals surface area contributed by atoms with E-state index < -0.39 is 0 Å². The summed E-state index contributed by atoms with van der Waals surface area (Å²) >= 11 is 0. The molecule has 0 aromatic heterocycles. The van der Waals surface area contributed by atoms with Crippen LogP contribution in [-0.4, -0.2) is 67.6 Å². The number of ether oxygens (including phenoxy) is 1. The molecule has 0 N–H and O–H groups in total. The van der Waals surface area contributed by atoms with Crippen molar-refractivity contribution >= 4 is 5.78 Å². The molecule has 0 aliphatic carbocycles. The van der Waals surface area contributed by atoms with Crippen LogP contribution in [0.15, 0.2) is 0 Å². The summed E-state index contributed by atoms with van der Waals surface area (Å²) in [4.78, 5) is 16.8. The maximum Gasteiger partial charge on any atom is 0.152 e. The number of carbonyl (C=O) groups is 1. The lowest BCUT2D eigenvalue weighted by Crippen LogP contribution is -2.56. The molecule has 3 unspecified atom stereocenters. The maximum atomic E-state index is 12.1. The molecular weight excluding hydrogens is 216 g/mol. The van der Waals surface area contributed by atoms with E-state index in [4.69, 9.17) is 4.74 Å². The van der Waals surface area contributed by atoms with Crippen LogP contribution in [0.2, 0.25) is 0 Å². The number of Topliss-reactive ketones (excluding diaryl/α,β-unsaturated/α-hetero) is 1. The van der Waals surface area contributed by atoms with Gasteiger partial charge in [-0.3, -0.25) is 14.6 Å². The average Bonchev–Trinajstić information content (AvgIpc) is 2.79. The van der Waals surface area contributed by atoms with Crippen LogP contribution in [-0.2, 0) is 9.53 Å². The quantitative estimate of drug-likeness (QED) is 0.724. The molecular formula is C13H24N2O2. The van der Waals surface area contributed by atoms with E-state index in [9.17, 15) is 4.79 Å². The van der Waals surface area contributed by atoms with Crippen LogP contribution < -0.4 is 0 Å². The van der Waals surface area contributed by atoms with Gasteiger partial charge in [-0.15, -0.1) is 0 Å². The van der Waals surface area contributed by atoms with Gasteiger partial charge in [0.25, 0.3) is 0 Å². The molecule has 0 aromatic carbocycles. The van der Waals surface area contributed by atoms with Gasteiger partial charge in [-0.05, 0) is 27.3 Å². The van der Waals surface area contributed by atoms with Crippen LogP contribution in [0.4, 0.5) is 0 Å². The van der Waals surface area contributed by atoms with Gasteiger partial charge in [0.1, 0.15) is 0 Å². The standard InChI is InChI=1S/C13H24N2O2/c1-10-6-15(7-11(2)14(10)3)8-13(16)12-4-5-17-9-12/h10-12H,4-9H2,1-3H3. The molecule has 3 atom stereocenters. The van der Waals surface area contributed by atoms with Crippen molar-refractivity contribution < 1.29 is 9.53 Å². The highest BCUT2D eigenvalue weighted by Crippen LogP contribution is 2.17. The van der Waals surface area contributed by atoms with Crippen molar-refractivity contribution in [3.05, 3.63) is 0 Å². The molecule has 0 amide bonds. The number of rotatable bonds is 3. The molecule has 4 heteroatoms. The first-order valence-corrected chi connectivity index (χ1v) is 6.62. The van der Waals surface area contributed by atoms with Crippen LogP contribution >= 0.6 is 0 Å². The number of carbonyl (C=O) groups excluding carboxylic acids is 1. The molecule has 2 aliphatic rings. The van der Waals surface area contributed by atoms with Crippen molar-refractivity contribution in [3.63, 3.8) is 0 Å². The minimum atomic E-state index is 0.153. The highest BCUT2D eigenvalue weighted by Gasteiger charge is 2.30. The summed E-state index contributed by atoms with van der Waals surface area (Å²) in [6.07, 6.45) is 0.914. The fraction of sp³-hybridized carbons (Fsp3) is 0.923. The summed E-state index contributed by atoms with van der Waals surface area (Å²) < 4.78 is 5.28. The van der Waals surface area contributed by atoms with Gasteiger partial charge in [-0.2, -0.15) is 0 Å². The van der Waals surface area contributed by atoms with Gasteiger partial charge in [0, 0.05) is 37.7 Å². The van der Waals surface area contributed by atoms with Crippen molar-refractivity contribution in [1.29, 1.82) is 0 Å². The molecule has 2 fully saturated rings. The van der Waals surface area contributed by atoms with Gasteiger partial charge in [-0.25, -0.2) is 0 Å². The minimum Gasteiger partial charge on any atom is -0.381 e. The lowest BCUT2D eigenvalue weighted by atomic mass is 10.0. The summed E-state index contributed by atoms with van der Waals surface area (Å²) in [6.45, 7) is 8.46. The Bertz CT molecular complexity index is 265. The molecule has 2 rings (SSSR count). The van der Waals surface area contributed by atoms with Crippen LogP contribution in [0.1, 0.15) is 20.3 Å². The SMILES string of the molecule is CC1CN(CC(=O)C2CCOC2)CC(C)N1C. The monoisotopic (exact) mass is 240 g/mol. The predicted molar refractivity (Wildman–Crippen MR) is 67.1 cm³/mol. The zero-order valence-electron chi connectivity index (χ0n) is 11.2. The first-order chi connectivity index (χ1) is 8.08. The van der Waals surface area contributed by atoms with E-state index in [0.717, 1.165) is 26.1 Å². The van der Waals surface area contributed by atoms with Crippen LogP contribution in [0.5, 0.6) is 0 Å². The summed E-state index contributed by atoms with van der Waals surface area (Å²) in [6, 6.07) is 1.07. The fourth-order valence-electron chi connectivity index (χ4n) is 2.78. The van der Waals surface area contributed by atoms with Crippen LogP contribution in [0.25, 0.3) is 0 Å². The second-order valence-corrected chi connectivity index (χ2v) is 5.58. The molecule has 0 saturated carbocycles. The van der Waals surface area contributed by atoms with Gasteiger partial charge >= 0.3 is 0 Å². The number of likely N-dealkylation sites (N-methyl/N-ethyl adjacent to an activating group) is 1. The zero-order valence-corrected chi connectivity index (χ0v) is 11.2. The van der Waals surface area contributed by atoms with Gasteiger partial charge < -0.3 is 4.74 Å². The molecule has 4 nitrogen and oxygen atoms in total. The van der Waals surface area contributed by atoms with Crippen molar-refractivity contribution in [2.45, 2.75) is 32.4 Å². The van der Waals surface area contributed by atoms with E-state index in [0.29, 0.717) is 31.0 Å². The van der Waals surface area contributed by atoms with E-state index in [1.807, 2.05) is 0 Å². The Balaban J connectivity index is 1.84. The van der Waals surface area contributed by atoms with Crippen molar-refractivity contribution in [3.8, 4) is 0 Å². The predicted octanol–water partition coefficient (Wildman–Crippen LogP) is 0.616. The third kappa shape index (κ3) is 3.06. The Morgan fingerprint density at radius 2 is 1.94 bits per heavy atom. The van der Waals surface area contributed by atoms with E-state index in [-0.39, 0.29) is 5.92 Å². The summed E-state index contributed by atoms with van der Waals surface area (Å²) in [5.74, 6) is 0.520. The molecule has 2 aliphatic heterocycles. The number of hydrogen-bond donors (Lipinski definition) is 0. The topological polar surface area (TPSA) is 32.8 Å². The Morgan fingerprint density at radius 3 is 2.47 bits per heavy atom. The van der Waals surface area contributed by atoms with Crippen molar-refractivity contribution in [1.82, 2.24) is 9.80 Å². The van der Waals surface area contributed by atoms with E-state index in [2.05, 4.69) is 30.7 Å². The van der Waals surface area contributed by atoms with Gasteiger partial charge in [0.15, 0.2) is 5.78 Å². The Labute approximate surface area is 104 Å². The first kappa shape index (κ1) is 13.0. The normalized spacial score (nSPS) is 36.3. The summed E-state index contributed by atoms with van der Waals surface area (Å²) in [5.41, 5.74) is 0. The molecule has 0 spiro atoms. The highest BCUT2D eigenvalue weighted by atomic mass is 16.5. The van der Waals surface area contributed by atoms with E-state index in [1.165, 1.54) is 0 Å². The molecule has 98 valence electrons. The van der Waals surface area contributed by atoms with Crippen molar-refractivity contribution in [2.75, 3.05) is 39.9 Å². The maximum absolute atomic E-state index is 12.1. The molecule has 0 radical (unpaired) electrons. The second kappa shape index (κ2) is 5.46. The largest absolute Gasteiger partial charge is 0.381 e. The third-order valence-electron chi connectivity index (χ3n) is 4.20. The number of nitrogens with zero attached hydrogens (tertiary/aromatic N) is 2. The number of piperazine rings is 1. The lowest BCUT2D eigenvalue weighted by Gasteiger charge is -2.42. The molecule has 2 heterocycles. The molecule has 2 saturated heterocycles. The van der Waals surface area contributed by atoms with E-state index in [1.54, 1.807) is 0 Å². The second-order valence-electron chi connectivity index (χ2n) is 5.58. The molecule has 17 heavy (non-hydrogen) atoms. The van der Waals surface area contributed by atoms with Crippen LogP contribution in [0.3, 0.4) is 0 Å². The number of ketones is 1. The lowest BCUT2D eigenvalue weighted by molar-refractivity contribution is -0.124. The first-order valence-electron chi connectivity index (χ1n) is 6.62. The number of hydrogen-bond acceptors (Lipinski definition) is 4. The third-order valence-corrected chi connectivity index (χ3v) is 4.20. The molecule has 0 aromatic rings. The smallest absolute Gasteiger partial charge is 0.152 e. The van der Waals surface area contributed by atoms with E-state index >= 15 is 0 Å². The summed E-state index contributed by atoms with van der Waals surface area (Å²) in [7, 11) is 2.17. The summed E-state index contributed by atoms with van der Waals surface area (Å²) in [5, 5.41) is 0. The Morgan fingerprint density at radius 1 is 1.29 bits per heavy atom.